The molecule has 0 aromatic heterocycles. The van der Waals surface area contributed by atoms with E-state index in [1.807, 2.05) is 0 Å². The molecule has 1 amide bonds. The van der Waals surface area contributed by atoms with E-state index in [0.717, 1.165) is 0 Å². The summed E-state index contributed by atoms with van der Waals surface area (Å²) in [7, 11) is 0. The molecule has 0 saturated heterocycles. The van der Waals surface area contributed by atoms with Crippen molar-refractivity contribution in [1.29, 1.82) is 0 Å². The van der Waals surface area contributed by atoms with Crippen molar-refractivity contribution in [2.75, 3.05) is 5.32 Å². The van der Waals surface area contributed by atoms with Crippen LogP contribution in [-0.2, 0) is 4.79 Å². The number of nitrogens with one attached hydrogen (secondary N) is 1. The third-order valence-corrected chi connectivity index (χ3v) is 1.87. The van der Waals surface area contributed by atoms with Gasteiger partial charge >= 0.3 is 35.5 Å². The van der Waals surface area contributed by atoms with Gasteiger partial charge < -0.3 is 17.0 Å². The van der Waals surface area contributed by atoms with Crippen molar-refractivity contribution in [2.45, 2.75) is 6.92 Å². The molecule has 1 aromatic rings. The van der Waals surface area contributed by atoms with Crippen LogP contribution in [0.4, 0.5) is 5.69 Å². The van der Waals surface area contributed by atoms with Gasteiger partial charge in [0.15, 0.2) is 0 Å². The van der Waals surface area contributed by atoms with Crippen LogP contribution < -0.4 is 34.9 Å². The molecule has 86 valence electrons. The maximum absolute atomic E-state index is 11.2. The summed E-state index contributed by atoms with van der Waals surface area (Å²) in [5.74, 6) is -2.01. The third-order valence-electron chi connectivity index (χ3n) is 1.87. The molecule has 0 aliphatic rings. The Morgan fingerprint density at radius 2 is 2.00 bits per heavy atom. The zero-order valence-corrected chi connectivity index (χ0v) is 11.7. The zero-order valence-electron chi connectivity index (χ0n) is 10.7. The van der Waals surface area contributed by atoms with E-state index >= 15 is 0 Å². The number of amides is 1. The first-order valence-electron chi connectivity index (χ1n) is 4.45. The van der Waals surface area contributed by atoms with Crippen LogP contribution in [0.15, 0.2) is 30.4 Å². The van der Waals surface area contributed by atoms with Crippen molar-refractivity contribution in [2.24, 2.45) is 0 Å². The number of hydrogen-bond donors (Lipinski definition) is 3. The minimum absolute atomic E-state index is 0. The van der Waals surface area contributed by atoms with Gasteiger partial charge in [-0.3, -0.25) is 4.79 Å². The zero-order chi connectivity index (χ0) is 12.3. The van der Waals surface area contributed by atoms with E-state index < -0.39 is 11.7 Å². The predicted octanol–water partition coefficient (Wildman–Crippen LogP) is -1.28. The van der Waals surface area contributed by atoms with E-state index in [-0.39, 0.29) is 42.5 Å². The number of aromatic hydroxyl groups is 1. The van der Waals surface area contributed by atoms with Gasteiger partial charge in [0.05, 0.1) is 0 Å². The average molecular weight is 245 g/mol. The van der Waals surface area contributed by atoms with Crippen LogP contribution in [0.3, 0.4) is 0 Å². The SMILES string of the molecule is C=C(C)C(=O)Nc1ccc(C(=O)O)c(O)c1.[H-].[Na+]. The summed E-state index contributed by atoms with van der Waals surface area (Å²) in [6.07, 6.45) is 0. The van der Waals surface area contributed by atoms with Crippen LogP contribution in [0.1, 0.15) is 18.7 Å². The number of carbonyl (C=O) groups is 2. The monoisotopic (exact) mass is 245 g/mol. The average Bonchev–Trinajstić information content (AvgIpc) is 2.16. The number of phenols is 1. The number of aromatic carboxylic acids is 1. The molecule has 6 heteroatoms. The number of anilines is 1. The van der Waals surface area contributed by atoms with E-state index in [4.69, 9.17) is 5.11 Å². The summed E-state index contributed by atoms with van der Waals surface area (Å²) in [5.41, 5.74) is 0.422. The molecule has 0 saturated carbocycles. The maximum Gasteiger partial charge on any atom is 1.00 e. The van der Waals surface area contributed by atoms with Crippen molar-refractivity contribution in [3.8, 4) is 5.75 Å². The summed E-state index contributed by atoms with van der Waals surface area (Å²) in [5, 5.41) is 20.5. The number of carbonyl (C=O) groups excluding carboxylic acids is 1. The molecule has 17 heavy (non-hydrogen) atoms. The van der Waals surface area contributed by atoms with Gasteiger partial charge in [0.1, 0.15) is 11.3 Å². The van der Waals surface area contributed by atoms with Crippen molar-refractivity contribution >= 4 is 17.6 Å². The second-order valence-electron chi connectivity index (χ2n) is 3.27. The first-order valence-corrected chi connectivity index (χ1v) is 4.45. The number of benzene rings is 1. The fourth-order valence-electron chi connectivity index (χ4n) is 1.03. The van der Waals surface area contributed by atoms with Gasteiger partial charge in [-0.05, 0) is 19.1 Å². The minimum Gasteiger partial charge on any atom is -1.00 e. The summed E-state index contributed by atoms with van der Waals surface area (Å²) in [6, 6.07) is 3.78. The molecule has 0 atom stereocenters. The second-order valence-corrected chi connectivity index (χ2v) is 3.27. The Labute approximate surface area is 122 Å². The molecule has 0 bridgehead atoms. The van der Waals surface area contributed by atoms with Crippen LogP contribution in [0.5, 0.6) is 5.75 Å². The first kappa shape index (κ1) is 15.7. The van der Waals surface area contributed by atoms with Crippen LogP contribution >= 0.6 is 0 Å². The topological polar surface area (TPSA) is 86.6 Å². The molecule has 0 unspecified atom stereocenters. The van der Waals surface area contributed by atoms with Crippen LogP contribution in [-0.4, -0.2) is 22.1 Å². The Morgan fingerprint density at radius 3 is 2.41 bits per heavy atom. The van der Waals surface area contributed by atoms with E-state index in [0.29, 0.717) is 11.3 Å². The number of carboxylic acids is 1. The third kappa shape index (κ3) is 4.22. The molecular formula is C11H12NNaO4. The smallest absolute Gasteiger partial charge is 1.00 e. The molecule has 0 fully saturated rings. The molecule has 5 nitrogen and oxygen atoms in total. The normalized spacial score (nSPS) is 9.00. The van der Waals surface area contributed by atoms with Crippen LogP contribution in [0.25, 0.3) is 0 Å². The van der Waals surface area contributed by atoms with Crippen molar-refractivity contribution in [3.05, 3.63) is 35.9 Å². The molecule has 0 spiro atoms. The number of carboxylic acid groups (broad SMARTS) is 1. The quantitative estimate of drug-likeness (QED) is 0.457. The number of rotatable bonds is 3. The molecular weight excluding hydrogens is 233 g/mol. The maximum atomic E-state index is 11.2. The van der Waals surface area contributed by atoms with E-state index in [9.17, 15) is 14.7 Å². The van der Waals surface area contributed by atoms with Crippen molar-refractivity contribution < 1.29 is 50.8 Å². The molecule has 0 aliphatic carbocycles. The molecule has 1 rings (SSSR count). The van der Waals surface area contributed by atoms with Gasteiger partial charge in [-0.15, -0.1) is 0 Å². The fraction of sp³-hybridized carbons (Fsp3) is 0.0909. The Kier molecular flexibility index (Phi) is 5.95. The Morgan fingerprint density at radius 1 is 1.41 bits per heavy atom. The minimum atomic E-state index is -1.23. The Bertz CT molecular complexity index is 476. The van der Waals surface area contributed by atoms with E-state index in [1.165, 1.54) is 18.2 Å². The van der Waals surface area contributed by atoms with Gasteiger partial charge in [-0.1, -0.05) is 6.58 Å². The Hall–Kier alpha value is -1.30. The molecule has 0 aliphatic heterocycles. The summed E-state index contributed by atoms with van der Waals surface area (Å²) in [6.45, 7) is 4.99. The Balaban J connectivity index is 0. The standard InChI is InChI=1S/C11H11NO4.Na.H/c1-6(2)10(14)12-7-3-4-8(11(15)16)9(13)5-7;;/h3-5,13H,1H2,2H3,(H,12,14)(H,15,16);;/q;+1;-1. The van der Waals surface area contributed by atoms with Crippen LogP contribution in [0.2, 0.25) is 0 Å². The predicted molar refractivity (Wildman–Crippen MR) is 59.6 cm³/mol. The molecule has 3 N–H and O–H groups in total. The first-order chi connectivity index (χ1) is 7.41. The van der Waals surface area contributed by atoms with Gasteiger partial charge in [0, 0.05) is 17.3 Å². The van der Waals surface area contributed by atoms with Gasteiger partial charge in [0.25, 0.3) is 5.91 Å². The van der Waals surface area contributed by atoms with E-state index in [1.54, 1.807) is 6.92 Å². The summed E-state index contributed by atoms with van der Waals surface area (Å²) >= 11 is 0. The molecule has 0 radical (unpaired) electrons. The van der Waals surface area contributed by atoms with Gasteiger partial charge in [0.2, 0.25) is 0 Å². The van der Waals surface area contributed by atoms with Crippen LogP contribution in [0, 0.1) is 0 Å². The summed E-state index contributed by atoms with van der Waals surface area (Å²) < 4.78 is 0. The fourth-order valence-corrected chi connectivity index (χ4v) is 1.03. The molecule has 0 heterocycles. The van der Waals surface area contributed by atoms with Crippen molar-refractivity contribution in [3.63, 3.8) is 0 Å². The van der Waals surface area contributed by atoms with Crippen molar-refractivity contribution in [1.82, 2.24) is 0 Å². The largest absolute Gasteiger partial charge is 1.00 e. The number of hydrogen-bond acceptors (Lipinski definition) is 3. The van der Waals surface area contributed by atoms with Gasteiger partial charge in [-0.25, -0.2) is 4.79 Å². The van der Waals surface area contributed by atoms with Gasteiger partial charge in [-0.2, -0.15) is 0 Å². The second kappa shape index (κ2) is 6.44. The summed E-state index contributed by atoms with van der Waals surface area (Å²) in [4.78, 5) is 21.8. The molecule has 1 aromatic carbocycles. The van der Waals surface area contributed by atoms with E-state index in [2.05, 4.69) is 11.9 Å².